The van der Waals surface area contributed by atoms with E-state index >= 15 is 0 Å². The number of aryl methyl sites for hydroxylation is 1. The first-order valence-electron chi connectivity index (χ1n) is 6.99. The molecule has 0 saturated heterocycles. The summed E-state index contributed by atoms with van der Waals surface area (Å²) in [5, 5.41) is 0. The van der Waals surface area contributed by atoms with Gasteiger partial charge in [-0.25, -0.2) is 8.42 Å². The summed E-state index contributed by atoms with van der Waals surface area (Å²) in [6.45, 7) is 8.01. The first-order chi connectivity index (χ1) is 9.71. The molecule has 1 atom stereocenters. The molecule has 0 bridgehead atoms. The second kappa shape index (κ2) is 7.08. The van der Waals surface area contributed by atoms with Crippen LogP contribution in [-0.2, 0) is 10.0 Å². The lowest BCUT2D eigenvalue weighted by atomic mass is 10.1. The molecular formula is C16H24N2O2S. The highest BCUT2D eigenvalue weighted by atomic mass is 32.2. The van der Waals surface area contributed by atoms with E-state index in [1.54, 1.807) is 25.2 Å². The third-order valence-electron chi connectivity index (χ3n) is 3.66. The highest BCUT2D eigenvalue weighted by molar-refractivity contribution is 7.89. The van der Waals surface area contributed by atoms with Gasteiger partial charge in [0.1, 0.15) is 0 Å². The molecule has 0 saturated carbocycles. The van der Waals surface area contributed by atoms with E-state index in [-0.39, 0.29) is 23.4 Å². The summed E-state index contributed by atoms with van der Waals surface area (Å²) in [7, 11) is -1.96. The summed E-state index contributed by atoms with van der Waals surface area (Å²) >= 11 is 0. The molecular weight excluding hydrogens is 284 g/mol. The van der Waals surface area contributed by atoms with Crippen molar-refractivity contribution in [2.45, 2.75) is 38.6 Å². The topological polar surface area (TPSA) is 63.4 Å². The van der Waals surface area contributed by atoms with E-state index in [1.165, 1.54) is 4.31 Å². The fourth-order valence-electron chi connectivity index (χ4n) is 1.91. The largest absolute Gasteiger partial charge is 0.320 e. The Morgan fingerprint density at radius 2 is 1.90 bits per heavy atom. The van der Waals surface area contributed by atoms with E-state index in [4.69, 9.17) is 5.73 Å². The van der Waals surface area contributed by atoms with Crippen LogP contribution in [0, 0.1) is 24.7 Å². The summed E-state index contributed by atoms with van der Waals surface area (Å²) in [5.41, 5.74) is 6.86. The van der Waals surface area contributed by atoms with E-state index in [0.717, 1.165) is 5.56 Å². The predicted octanol–water partition coefficient (Wildman–Crippen LogP) is 1.97. The number of rotatable bonds is 4. The van der Waals surface area contributed by atoms with Gasteiger partial charge in [-0.3, -0.25) is 0 Å². The molecule has 0 fully saturated rings. The van der Waals surface area contributed by atoms with Crippen molar-refractivity contribution in [3.63, 3.8) is 0 Å². The molecule has 0 aliphatic carbocycles. The molecule has 0 radical (unpaired) electrons. The van der Waals surface area contributed by atoms with Gasteiger partial charge in [-0.1, -0.05) is 31.8 Å². The van der Waals surface area contributed by atoms with Crippen LogP contribution in [0.3, 0.4) is 0 Å². The van der Waals surface area contributed by atoms with Crippen LogP contribution in [0.2, 0.25) is 0 Å². The Bertz CT molecular complexity index is 655. The predicted molar refractivity (Wildman–Crippen MR) is 86.4 cm³/mol. The molecule has 0 aromatic heterocycles. The quantitative estimate of drug-likeness (QED) is 0.865. The maximum absolute atomic E-state index is 12.8. The van der Waals surface area contributed by atoms with Gasteiger partial charge in [0.05, 0.1) is 11.4 Å². The summed E-state index contributed by atoms with van der Waals surface area (Å²) in [5.74, 6) is 5.82. The second-order valence-corrected chi connectivity index (χ2v) is 7.48. The molecule has 4 nitrogen and oxygen atoms in total. The molecule has 1 unspecified atom stereocenters. The second-order valence-electron chi connectivity index (χ2n) is 5.51. The van der Waals surface area contributed by atoms with Crippen LogP contribution in [0.1, 0.15) is 31.9 Å². The SMILES string of the molecule is Cc1ccc(S(=O)(=O)N(C)C(C)C(C)C)c(C#CCN)c1. The van der Waals surface area contributed by atoms with E-state index in [1.807, 2.05) is 27.7 Å². The van der Waals surface area contributed by atoms with Crippen molar-refractivity contribution in [2.75, 3.05) is 13.6 Å². The summed E-state index contributed by atoms with van der Waals surface area (Å²) < 4.78 is 27.0. The van der Waals surface area contributed by atoms with Crippen LogP contribution in [0.4, 0.5) is 0 Å². The Morgan fingerprint density at radius 1 is 1.29 bits per heavy atom. The minimum atomic E-state index is -3.57. The first-order valence-corrected chi connectivity index (χ1v) is 8.43. The number of hydrogen-bond acceptors (Lipinski definition) is 3. The third-order valence-corrected chi connectivity index (χ3v) is 5.66. The molecule has 0 aliphatic rings. The number of sulfonamides is 1. The van der Waals surface area contributed by atoms with Crippen molar-refractivity contribution >= 4 is 10.0 Å². The molecule has 1 aromatic rings. The molecule has 2 N–H and O–H groups in total. The summed E-state index contributed by atoms with van der Waals surface area (Å²) in [6, 6.07) is 5.10. The fraction of sp³-hybridized carbons (Fsp3) is 0.500. The van der Waals surface area contributed by atoms with Crippen molar-refractivity contribution in [1.82, 2.24) is 4.31 Å². The van der Waals surface area contributed by atoms with E-state index in [2.05, 4.69) is 11.8 Å². The number of nitrogens with two attached hydrogens (primary N) is 1. The third kappa shape index (κ3) is 4.07. The lowest BCUT2D eigenvalue weighted by Crippen LogP contribution is -2.38. The summed E-state index contributed by atoms with van der Waals surface area (Å²) in [6.07, 6.45) is 0. The normalized spacial score (nSPS) is 13.1. The Balaban J connectivity index is 3.38. The van der Waals surface area contributed by atoms with Crippen molar-refractivity contribution < 1.29 is 8.42 Å². The molecule has 0 heterocycles. The van der Waals surface area contributed by atoms with Crippen LogP contribution < -0.4 is 5.73 Å². The Labute approximate surface area is 128 Å². The number of nitrogens with zero attached hydrogens (tertiary/aromatic N) is 1. The van der Waals surface area contributed by atoms with Crippen molar-refractivity contribution in [2.24, 2.45) is 11.7 Å². The molecule has 0 spiro atoms. The smallest absolute Gasteiger partial charge is 0.244 e. The lowest BCUT2D eigenvalue weighted by molar-refractivity contribution is 0.315. The summed E-state index contributed by atoms with van der Waals surface area (Å²) in [4.78, 5) is 0.240. The Hall–Kier alpha value is -1.35. The molecule has 116 valence electrons. The van der Waals surface area contributed by atoms with Gasteiger partial charge in [0.2, 0.25) is 10.0 Å². The highest BCUT2D eigenvalue weighted by Crippen LogP contribution is 2.23. The molecule has 0 aliphatic heterocycles. The average molecular weight is 308 g/mol. The number of benzene rings is 1. The first kappa shape index (κ1) is 17.7. The molecule has 5 heteroatoms. The molecule has 0 amide bonds. The fourth-order valence-corrected chi connectivity index (χ4v) is 3.53. The Morgan fingerprint density at radius 3 is 2.43 bits per heavy atom. The van der Waals surface area contributed by atoms with Crippen LogP contribution in [0.25, 0.3) is 0 Å². The molecule has 1 aromatic carbocycles. The van der Waals surface area contributed by atoms with Gasteiger partial charge >= 0.3 is 0 Å². The molecule has 21 heavy (non-hydrogen) atoms. The highest BCUT2D eigenvalue weighted by Gasteiger charge is 2.28. The van der Waals surface area contributed by atoms with Gasteiger partial charge in [0.25, 0.3) is 0 Å². The maximum atomic E-state index is 12.8. The van der Waals surface area contributed by atoms with Gasteiger partial charge < -0.3 is 5.73 Å². The number of hydrogen-bond donors (Lipinski definition) is 1. The van der Waals surface area contributed by atoms with Crippen LogP contribution in [0.5, 0.6) is 0 Å². The van der Waals surface area contributed by atoms with Crippen LogP contribution in [0.15, 0.2) is 23.1 Å². The van der Waals surface area contributed by atoms with Crippen LogP contribution >= 0.6 is 0 Å². The van der Waals surface area contributed by atoms with E-state index in [0.29, 0.717) is 5.56 Å². The van der Waals surface area contributed by atoms with Crippen molar-refractivity contribution in [1.29, 1.82) is 0 Å². The van der Waals surface area contributed by atoms with Gasteiger partial charge in [0.15, 0.2) is 0 Å². The maximum Gasteiger partial charge on any atom is 0.244 e. The van der Waals surface area contributed by atoms with Crippen molar-refractivity contribution in [3.05, 3.63) is 29.3 Å². The lowest BCUT2D eigenvalue weighted by Gasteiger charge is -2.27. The van der Waals surface area contributed by atoms with E-state index < -0.39 is 10.0 Å². The monoisotopic (exact) mass is 308 g/mol. The van der Waals surface area contributed by atoms with E-state index in [9.17, 15) is 8.42 Å². The van der Waals surface area contributed by atoms with Gasteiger partial charge in [0, 0.05) is 18.7 Å². The van der Waals surface area contributed by atoms with Gasteiger partial charge in [-0.15, -0.1) is 0 Å². The van der Waals surface area contributed by atoms with Crippen LogP contribution in [-0.4, -0.2) is 32.4 Å². The minimum absolute atomic E-state index is 0.0911. The minimum Gasteiger partial charge on any atom is -0.320 e. The van der Waals surface area contributed by atoms with Gasteiger partial charge in [-0.2, -0.15) is 4.31 Å². The zero-order valence-electron chi connectivity index (χ0n) is 13.3. The van der Waals surface area contributed by atoms with Crippen molar-refractivity contribution in [3.8, 4) is 11.8 Å². The zero-order chi connectivity index (χ0) is 16.2. The average Bonchev–Trinajstić information content (AvgIpc) is 2.42. The zero-order valence-corrected chi connectivity index (χ0v) is 14.2. The standard InChI is InChI=1S/C16H24N2O2S/c1-12(2)14(4)18(5)21(19,20)16-9-8-13(3)11-15(16)7-6-10-17/h8-9,11-12,14H,10,17H2,1-5H3. The Kier molecular flexibility index (Phi) is 5.97. The van der Waals surface area contributed by atoms with Gasteiger partial charge in [-0.05, 0) is 37.5 Å². The molecule has 1 rings (SSSR count).